The predicted molar refractivity (Wildman–Crippen MR) is 304 cm³/mol. The molecule has 0 atom stereocenters. The van der Waals surface area contributed by atoms with E-state index < -0.39 is 58.1 Å². The van der Waals surface area contributed by atoms with Crippen molar-refractivity contribution in [3.8, 4) is 23.0 Å². The van der Waals surface area contributed by atoms with Gasteiger partial charge in [-0.1, -0.05) is 107 Å². The Labute approximate surface area is 460 Å². The van der Waals surface area contributed by atoms with Crippen LogP contribution in [0.2, 0.25) is 0 Å². The Morgan fingerprint density at radius 1 is 0.351 bits per heavy atom. The van der Waals surface area contributed by atoms with Crippen molar-refractivity contribution in [2.24, 2.45) is 5.41 Å². The fraction of sp³-hybridized carbons (Fsp3) is 0.569. The van der Waals surface area contributed by atoms with Gasteiger partial charge in [-0.05, 0) is 206 Å². The summed E-state index contributed by atoms with van der Waals surface area (Å²) >= 11 is 0. The third-order valence-corrected chi connectivity index (χ3v) is 15.7. The van der Waals surface area contributed by atoms with E-state index in [2.05, 4.69) is 0 Å². The lowest BCUT2D eigenvalue weighted by Crippen LogP contribution is -2.57. The largest absolute Gasteiger partial charge is 0.507 e. The molecule has 77 heavy (non-hydrogen) atoms. The molecule has 4 aromatic carbocycles. The van der Waals surface area contributed by atoms with Gasteiger partial charge in [-0.2, -0.15) is 0 Å². The number of aryl methyl sites for hydroxylation is 4. The van der Waals surface area contributed by atoms with Crippen LogP contribution in [-0.4, -0.2) is 56.9 Å². The number of phenols is 4. The summed E-state index contributed by atoms with van der Waals surface area (Å²) in [5.41, 5.74) is 8.65. The van der Waals surface area contributed by atoms with Crippen molar-refractivity contribution in [3.05, 3.63) is 113 Å². The number of phenolic OH excluding ortho intramolecular Hbond substituents is 4. The standard InChI is InChI=1S/C65H92O12/c1-36-40(5)56(70)48(60(9,10)11)31-44(36)23-27-52(66)74-35-64(21,22)65(75-53(67)28-24-45-32-49(61(12,13)14)57(71)41(6)37(45)2,76-54(68)29-25-46-33-50(62(15,16)17)58(72)42(7)38(46)3)77-55(69)30-26-47-34-51(63(18,19)20)59(73)43(8)39(47)4/h31-34,70-73H,23-30,35H2,1-22H3. The summed E-state index contributed by atoms with van der Waals surface area (Å²) in [4.78, 5) is 57.6. The lowest BCUT2D eigenvalue weighted by atomic mass is 9.82. The van der Waals surface area contributed by atoms with E-state index in [-0.39, 0.29) is 79.8 Å². The number of rotatable bonds is 18. The van der Waals surface area contributed by atoms with Crippen molar-refractivity contribution >= 4 is 23.9 Å². The number of carbonyl (C=O) groups excluding carboxylic acids is 4. The fourth-order valence-electron chi connectivity index (χ4n) is 9.66. The molecule has 12 nitrogen and oxygen atoms in total. The highest BCUT2D eigenvalue weighted by Crippen LogP contribution is 2.43. The average molecular weight is 1070 g/mol. The van der Waals surface area contributed by atoms with Gasteiger partial charge in [0.25, 0.3) is 0 Å². The molecule has 0 aliphatic carbocycles. The van der Waals surface area contributed by atoms with Gasteiger partial charge in [0.05, 0.1) is 0 Å². The quantitative estimate of drug-likeness (QED) is 0.0547. The maximum absolute atomic E-state index is 14.6. The minimum atomic E-state index is -2.78. The third-order valence-electron chi connectivity index (χ3n) is 15.7. The van der Waals surface area contributed by atoms with Gasteiger partial charge in [0.2, 0.25) is 0 Å². The topological polar surface area (TPSA) is 186 Å². The maximum atomic E-state index is 14.6. The molecule has 4 rings (SSSR count). The monoisotopic (exact) mass is 1060 g/mol. The second-order valence-electron chi connectivity index (χ2n) is 26.3. The minimum absolute atomic E-state index is 0.0665. The summed E-state index contributed by atoms with van der Waals surface area (Å²) in [6, 6.07) is 7.55. The Morgan fingerprint density at radius 2 is 0.558 bits per heavy atom. The number of hydrogen-bond acceptors (Lipinski definition) is 12. The summed E-state index contributed by atoms with van der Waals surface area (Å²) in [7, 11) is 0. The first-order valence-corrected chi connectivity index (χ1v) is 27.2. The summed E-state index contributed by atoms with van der Waals surface area (Å²) in [6.45, 7) is 41.2. The van der Waals surface area contributed by atoms with Crippen LogP contribution in [0.5, 0.6) is 23.0 Å². The fourth-order valence-corrected chi connectivity index (χ4v) is 9.66. The van der Waals surface area contributed by atoms with Crippen molar-refractivity contribution < 1.29 is 58.6 Å². The second kappa shape index (κ2) is 23.5. The van der Waals surface area contributed by atoms with Gasteiger partial charge in [-0.25, -0.2) is 0 Å². The number of ether oxygens (including phenoxy) is 4. The van der Waals surface area contributed by atoms with Crippen LogP contribution in [0.3, 0.4) is 0 Å². The van der Waals surface area contributed by atoms with E-state index in [4.69, 9.17) is 18.9 Å². The minimum Gasteiger partial charge on any atom is -0.507 e. The molecule has 12 heteroatoms. The highest BCUT2D eigenvalue weighted by molar-refractivity contribution is 5.75. The van der Waals surface area contributed by atoms with Crippen LogP contribution in [0.4, 0.5) is 0 Å². The van der Waals surface area contributed by atoms with E-state index in [1.165, 1.54) is 13.8 Å². The molecule has 0 fully saturated rings. The van der Waals surface area contributed by atoms with Crippen LogP contribution >= 0.6 is 0 Å². The van der Waals surface area contributed by atoms with Gasteiger partial charge in [-0.3, -0.25) is 19.2 Å². The molecule has 0 aliphatic heterocycles. The van der Waals surface area contributed by atoms with Crippen LogP contribution < -0.4 is 0 Å². The van der Waals surface area contributed by atoms with E-state index in [0.717, 1.165) is 55.6 Å². The average Bonchev–Trinajstić information content (AvgIpc) is 3.30. The van der Waals surface area contributed by atoms with Crippen molar-refractivity contribution in [2.45, 2.75) is 231 Å². The normalized spacial score (nSPS) is 12.6. The first kappa shape index (κ1) is 63.5. The summed E-state index contributed by atoms with van der Waals surface area (Å²) < 4.78 is 24.9. The molecular formula is C65H92O12. The lowest BCUT2D eigenvalue weighted by Gasteiger charge is -2.41. The molecule has 0 saturated carbocycles. The van der Waals surface area contributed by atoms with Gasteiger partial charge in [0, 0.05) is 25.7 Å². The smallest absolute Gasteiger partial charge is 0.432 e. The molecule has 0 saturated heterocycles. The van der Waals surface area contributed by atoms with Crippen LogP contribution in [0.1, 0.15) is 212 Å². The predicted octanol–water partition coefficient (Wildman–Crippen LogP) is 13.9. The molecule has 0 bridgehead atoms. The zero-order valence-electron chi connectivity index (χ0n) is 50.7. The first-order valence-electron chi connectivity index (χ1n) is 27.2. The number of aromatic hydroxyl groups is 4. The Kier molecular flexibility index (Phi) is 19.4. The van der Waals surface area contributed by atoms with Crippen molar-refractivity contribution in [1.29, 1.82) is 0 Å². The van der Waals surface area contributed by atoms with Gasteiger partial charge in [0.1, 0.15) is 35.0 Å². The lowest BCUT2D eigenvalue weighted by molar-refractivity contribution is -0.377. The molecule has 0 unspecified atom stereocenters. The molecule has 424 valence electrons. The Morgan fingerprint density at radius 3 is 0.766 bits per heavy atom. The van der Waals surface area contributed by atoms with E-state index in [1.807, 2.05) is 163 Å². The van der Waals surface area contributed by atoms with Gasteiger partial charge >= 0.3 is 29.9 Å². The molecule has 0 heterocycles. The van der Waals surface area contributed by atoms with Crippen molar-refractivity contribution in [3.63, 3.8) is 0 Å². The SMILES string of the molecule is Cc1c(CCC(=O)OCC(C)(C)C(OC(=O)CCc2cc(C(C)(C)C)c(O)c(C)c2C)(OC(=O)CCc2cc(C(C)(C)C)c(O)c(C)c2C)OC(=O)CCc2cc(C(C)(C)C)c(O)c(C)c2C)cc(C(C)(C)C)c(O)c1C. The van der Waals surface area contributed by atoms with Crippen LogP contribution in [0, 0.1) is 60.8 Å². The summed E-state index contributed by atoms with van der Waals surface area (Å²) in [5, 5.41) is 44.4. The Hall–Kier alpha value is -6.04. The van der Waals surface area contributed by atoms with Gasteiger partial charge < -0.3 is 39.4 Å². The Bertz CT molecular complexity index is 2660. The second-order valence-corrected chi connectivity index (χ2v) is 26.3. The van der Waals surface area contributed by atoms with E-state index >= 15 is 0 Å². The van der Waals surface area contributed by atoms with Crippen molar-refractivity contribution in [2.75, 3.05) is 6.61 Å². The molecule has 0 aromatic heterocycles. The molecule has 0 radical (unpaired) electrons. The number of esters is 4. The van der Waals surface area contributed by atoms with Crippen LogP contribution in [0.25, 0.3) is 0 Å². The summed E-state index contributed by atoms with van der Waals surface area (Å²) in [5.74, 6) is -5.28. The molecule has 0 amide bonds. The zero-order chi connectivity index (χ0) is 58.9. The van der Waals surface area contributed by atoms with Crippen LogP contribution in [0.15, 0.2) is 24.3 Å². The maximum Gasteiger partial charge on any atom is 0.432 e. The van der Waals surface area contributed by atoms with E-state index in [9.17, 15) is 39.6 Å². The first-order chi connectivity index (χ1) is 35.1. The highest BCUT2D eigenvalue weighted by atomic mass is 16.9. The number of carbonyl (C=O) groups is 4. The van der Waals surface area contributed by atoms with Crippen molar-refractivity contribution in [1.82, 2.24) is 0 Å². The number of hydrogen-bond donors (Lipinski definition) is 4. The molecule has 0 spiro atoms. The third kappa shape index (κ3) is 14.8. The van der Waals surface area contributed by atoms with Crippen LogP contribution in [-0.2, 0) is 85.5 Å². The summed E-state index contributed by atoms with van der Waals surface area (Å²) in [6.07, 6.45) is -0.0948. The van der Waals surface area contributed by atoms with E-state index in [1.54, 1.807) is 0 Å². The molecule has 0 aliphatic rings. The molecule has 4 aromatic rings. The Balaban J connectivity index is 1.83. The molecule has 4 N–H and O–H groups in total. The zero-order valence-corrected chi connectivity index (χ0v) is 50.7. The van der Waals surface area contributed by atoms with Gasteiger partial charge in [-0.15, -0.1) is 0 Å². The van der Waals surface area contributed by atoms with E-state index in [0.29, 0.717) is 33.4 Å². The number of benzene rings is 4. The van der Waals surface area contributed by atoms with Gasteiger partial charge in [0.15, 0.2) is 0 Å². The molecular weight excluding hydrogens is 973 g/mol. The highest BCUT2D eigenvalue weighted by Gasteiger charge is 2.58.